The normalized spacial score (nSPS) is 12.1. The lowest BCUT2D eigenvalue weighted by molar-refractivity contribution is -0.122. The van der Waals surface area contributed by atoms with Gasteiger partial charge in [0.1, 0.15) is 12.4 Å². The van der Waals surface area contributed by atoms with Gasteiger partial charge in [0.25, 0.3) is 0 Å². The minimum atomic E-state index is -0.331. The van der Waals surface area contributed by atoms with Gasteiger partial charge in [-0.15, -0.1) is 12.4 Å². The summed E-state index contributed by atoms with van der Waals surface area (Å²) < 4.78 is 12.2. The molecule has 1 aromatic heterocycles. The van der Waals surface area contributed by atoms with Crippen LogP contribution in [0.4, 0.5) is 0 Å². The maximum Gasteiger partial charge on any atom is 0.241 e. The average Bonchev–Trinajstić information content (AvgIpc) is 3.01. The summed E-state index contributed by atoms with van der Waals surface area (Å²) in [6, 6.07) is 5.34. The Balaban J connectivity index is 0.00000420. The summed E-state index contributed by atoms with van der Waals surface area (Å²) in [5, 5.41) is 7.43. The molecule has 0 aliphatic rings. The quantitative estimate of drug-likeness (QED) is 0.673. The molecule has 1 heterocycles. The van der Waals surface area contributed by atoms with Crippen LogP contribution < -0.4 is 20.5 Å². The molecule has 1 amide bonds. The van der Waals surface area contributed by atoms with E-state index in [2.05, 4.69) is 36.2 Å². The first-order valence-electron chi connectivity index (χ1n) is 9.29. The molecule has 2 rings (SSSR count). The second-order valence-electron chi connectivity index (χ2n) is 8.04. The molecule has 0 fully saturated rings. The molecule has 29 heavy (non-hydrogen) atoms. The van der Waals surface area contributed by atoms with Crippen molar-refractivity contribution in [1.82, 2.24) is 20.1 Å². The lowest BCUT2D eigenvalue weighted by atomic mass is 9.97. The molecule has 0 radical (unpaired) electrons. The summed E-state index contributed by atoms with van der Waals surface area (Å²) in [5.74, 6) is 2.38. The van der Waals surface area contributed by atoms with Gasteiger partial charge in [0.05, 0.1) is 20.3 Å². The fraction of sp³-hybridized carbons (Fsp3) is 0.550. The Labute approximate surface area is 178 Å². The second kappa shape index (κ2) is 10.5. The minimum absolute atomic E-state index is 0. The molecular weight excluding hydrogens is 394 g/mol. The van der Waals surface area contributed by atoms with Gasteiger partial charge in [-0.05, 0) is 30.0 Å². The molecule has 1 aromatic carbocycles. The molecule has 9 heteroatoms. The Morgan fingerprint density at radius 2 is 1.90 bits per heavy atom. The summed E-state index contributed by atoms with van der Waals surface area (Å²) in [6.45, 7) is 8.71. The highest BCUT2D eigenvalue weighted by Crippen LogP contribution is 2.28. The lowest BCUT2D eigenvalue weighted by Gasteiger charge is -2.18. The van der Waals surface area contributed by atoms with Gasteiger partial charge in [0, 0.05) is 13.0 Å². The topological polar surface area (TPSA) is 104 Å². The van der Waals surface area contributed by atoms with Gasteiger partial charge in [0.15, 0.2) is 17.3 Å². The van der Waals surface area contributed by atoms with Crippen LogP contribution in [0.3, 0.4) is 0 Å². The number of hydrogen-bond acceptors (Lipinski definition) is 6. The van der Waals surface area contributed by atoms with Crippen molar-refractivity contribution >= 4 is 18.3 Å². The maximum absolute atomic E-state index is 12.3. The molecule has 162 valence electrons. The Kier molecular flexibility index (Phi) is 8.91. The van der Waals surface area contributed by atoms with Crippen molar-refractivity contribution < 1.29 is 14.3 Å². The Morgan fingerprint density at radius 1 is 1.24 bits per heavy atom. The number of amides is 1. The van der Waals surface area contributed by atoms with Crippen molar-refractivity contribution in [2.45, 2.75) is 46.7 Å². The third-order valence-electron chi connectivity index (χ3n) is 4.07. The van der Waals surface area contributed by atoms with E-state index in [-0.39, 0.29) is 36.3 Å². The van der Waals surface area contributed by atoms with Crippen molar-refractivity contribution in [3.8, 4) is 11.5 Å². The van der Waals surface area contributed by atoms with Crippen LogP contribution in [-0.4, -0.2) is 41.4 Å². The van der Waals surface area contributed by atoms with Crippen LogP contribution in [0.25, 0.3) is 0 Å². The molecule has 3 N–H and O–H groups in total. The molecule has 0 saturated heterocycles. The highest BCUT2D eigenvalue weighted by Gasteiger charge is 2.18. The molecule has 2 aromatic rings. The SMILES string of the molecule is COc1ccc(Cc2nc([C@@H](C)N)n(CC(=O)NCC(C)(C)C)n2)cc1OC.Cl. The van der Waals surface area contributed by atoms with E-state index in [9.17, 15) is 4.79 Å². The minimum Gasteiger partial charge on any atom is -0.493 e. The van der Waals surface area contributed by atoms with Crippen LogP contribution >= 0.6 is 12.4 Å². The third kappa shape index (κ3) is 7.21. The molecule has 0 bridgehead atoms. The van der Waals surface area contributed by atoms with E-state index < -0.39 is 0 Å². The van der Waals surface area contributed by atoms with E-state index in [4.69, 9.17) is 15.2 Å². The number of carbonyl (C=O) groups is 1. The van der Waals surface area contributed by atoms with Gasteiger partial charge >= 0.3 is 0 Å². The first-order valence-corrected chi connectivity index (χ1v) is 9.29. The molecule has 0 unspecified atom stereocenters. The van der Waals surface area contributed by atoms with Crippen LogP contribution in [0.1, 0.15) is 50.9 Å². The molecule has 0 spiro atoms. The number of hydrogen-bond donors (Lipinski definition) is 2. The zero-order chi connectivity index (χ0) is 20.9. The fourth-order valence-corrected chi connectivity index (χ4v) is 2.66. The Morgan fingerprint density at radius 3 is 2.45 bits per heavy atom. The number of nitrogens with zero attached hydrogens (tertiary/aromatic N) is 3. The standard InChI is InChI=1S/C20H31N5O3.ClH/c1-13(21)19-23-17(10-14-7-8-15(27-5)16(9-14)28-6)24-25(19)11-18(26)22-12-20(2,3)4;/h7-9,13H,10-12,21H2,1-6H3,(H,22,26);1H/t13-;/m1./s1. The molecule has 0 saturated carbocycles. The highest BCUT2D eigenvalue weighted by molar-refractivity contribution is 5.85. The predicted molar refractivity (Wildman–Crippen MR) is 115 cm³/mol. The summed E-state index contributed by atoms with van der Waals surface area (Å²) >= 11 is 0. The molecule has 0 aliphatic carbocycles. The maximum atomic E-state index is 12.3. The van der Waals surface area contributed by atoms with E-state index in [0.717, 1.165) is 5.56 Å². The number of carbonyl (C=O) groups excluding carboxylic acids is 1. The van der Waals surface area contributed by atoms with Gasteiger partial charge in [-0.2, -0.15) is 5.10 Å². The number of nitrogens with one attached hydrogen (secondary N) is 1. The Bertz CT molecular complexity index is 815. The van der Waals surface area contributed by atoms with Crippen molar-refractivity contribution in [2.75, 3.05) is 20.8 Å². The molecule has 0 aliphatic heterocycles. The number of ether oxygens (including phenoxy) is 2. The van der Waals surface area contributed by atoms with Crippen molar-refractivity contribution in [3.05, 3.63) is 35.4 Å². The largest absolute Gasteiger partial charge is 0.493 e. The summed E-state index contributed by atoms with van der Waals surface area (Å²) in [7, 11) is 3.19. The van der Waals surface area contributed by atoms with E-state index in [0.29, 0.717) is 36.1 Å². The summed E-state index contributed by atoms with van der Waals surface area (Å²) in [5.41, 5.74) is 7.02. The lowest BCUT2D eigenvalue weighted by Crippen LogP contribution is -2.35. The second-order valence-corrected chi connectivity index (χ2v) is 8.04. The van der Waals surface area contributed by atoms with Gasteiger partial charge < -0.3 is 20.5 Å². The molecule has 8 nitrogen and oxygen atoms in total. The van der Waals surface area contributed by atoms with Crippen LogP contribution in [0.2, 0.25) is 0 Å². The zero-order valence-electron chi connectivity index (χ0n) is 18.0. The van der Waals surface area contributed by atoms with Gasteiger partial charge in [-0.1, -0.05) is 26.8 Å². The number of nitrogens with two attached hydrogens (primary N) is 1. The highest BCUT2D eigenvalue weighted by atomic mass is 35.5. The van der Waals surface area contributed by atoms with Crippen LogP contribution in [-0.2, 0) is 17.8 Å². The third-order valence-corrected chi connectivity index (χ3v) is 4.07. The first-order chi connectivity index (χ1) is 13.1. The first kappa shape index (κ1) is 24.7. The van der Waals surface area contributed by atoms with Crippen LogP contribution in [0, 0.1) is 5.41 Å². The molecule has 1 atom stereocenters. The molecular formula is C20H32ClN5O3. The monoisotopic (exact) mass is 425 g/mol. The van der Waals surface area contributed by atoms with E-state index in [1.54, 1.807) is 18.9 Å². The van der Waals surface area contributed by atoms with Crippen LogP contribution in [0.5, 0.6) is 11.5 Å². The number of rotatable bonds is 8. The van der Waals surface area contributed by atoms with Crippen molar-refractivity contribution in [2.24, 2.45) is 11.1 Å². The van der Waals surface area contributed by atoms with Gasteiger partial charge in [-0.25, -0.2) is 9.67 Å². The predicted octanol–water partition coefficient (Wildman–Crippen LogP) is 2.49. The van der Waals surface area contributed by atoms with Crippen molar-refractivity contribution in [3.63, 3.8) is 0 Å². The fourth-order valence-electron chi connectivity index (χ4n) is 2.66. The number of benzene rings is 1. The number of halogens is 1. The van der Waals surface area contributed by atoms with E-state index in [1.807, 2.05) is 25.1 Å². The van der Waals surface area contributed by atoms with Crippen molar-refractivity contribution in [1.29, 1.82) is 0 Å². The van der Waals surface area contributed by atoms with Gasteiger partial charge in [-0.3, -0.25) is 4.79 Å². The Hall–Kier alpha value is -2.32. The van der Waals surface area contributed by atoms with Crippen LogP contribution in [0.15, 0.2) is 18.2 Å². The smallest absolute Gasteiger partial charge is 0.241 e. The summed E-state index contributed by atoms with van der Waals surface area (Å²) in [6.07, 6.45) is 0.497. The van der Waals surface area contributed by atoms with E-state index >= 15 is 0 Å². The number of aromatic nitrogens is 3. The summed E-state index contributed by atoms with van der Waals surface area (Å²) in [4.78, 5) is 16.8. The van der Waals surface area contributed by atoms with E-state index in [1.165, 1.54) is 0 Å². The average molecular weight is 426 g/mol. The number of methoxy groups -OCH3 is 2. The zero-order valence-corrected chi connectivity index (χ0v) is 18.8. The van der Waals surface area contributed by atoms with Gasteiger partial charge in [0.2, 0.25) is 5.91 Å².